The molecule has 0 radical (unpaired) electrons. The van der Waals surface area contributed by atoms with Crippen LogP contribution in [0.2, 0.25) is 0 Å². The lowest BCUT2D eigenvalue weighted by molar-refractivity contribution is -0.150. The SMILES string of the molecule is CCOC(=O)[C@H](C)OP(=O)(Oc1ccccc1)c1ccc(CNC[C@@H](CCN2CC(C)c3cc(OC)ccc3S2(=O)=O)NC(=O)OC2COC[C@H]2CCO)cc1. The van der Waals surface area contributed by atoms with Gasteiger partial charge in [-0.1, -0.05) is 37.3 Å². The summed E-state index contributed by atoms with van der Waals surface area (Å²) in [6, 6.07) is 19.6. The van der Waals surface area contributed by atoms with Gasteiger partial charge in [-0.3, -0.25) is 4.52 Å². The van der Waals surface area contributed by atoms with Gasteiger partial charge in [0.15, 0.2) is 6.10 Å². The quantitative estimate of drug-likeness (QED) is 0.115. The molecule has 5 rings (SSSR count). The zero-order valence-corrected chi connectivity index (χ0v) is 33.8. The number of sulfonamides is 1. The molecular formula is C39H52N3O12PS. The number of nitrogens with one attached hydrogen (secondary N) is 2. The number of hydrogen-bond acceptors (Lipinski definition) is 13. The summed E-state index contributed by atoms with van der Waals surface area (Å²) in [5, 5.41) is 15.9. The number of benzene rings is 3. The van der Waals surface area contributed by atoms with E-state index >= 15 is 0 Å². The van der Waals surface area contributed by atoms with Crippen molar-refractivity contribution in [2.45, 2.75) is 69.2 Å². The molecule has 3 aromatic rings. The van der Waals surface area contributed by atoms with E-state index in [-0.39, 0.29) is 67.9 Å². The van der Waals surface area contributed by atoms with Crippen molar-refractivity contribution >= 4 is 35.0 Å². The van der Waals surface area contributed by atoms with Crippen LogP contribution in [-0.2, 0) is 44.7 Å². The van der Waals surface area contributed by atoms with Gasteiger partial charge in [-0.05, 0) is 86.2 Å². The number of para-hydroxylation sites is 1. The van der Waals surface area contributed by atoms with Gasteiger partial charge >= 0.3 is 19.7 Å². The average molecular weight is 818 g/mol. The van der Waals surface area contributed by atoms with Crippen molar-refractivity contribution in [3.8, 4) is 11.5 Å². The van der Waals surface area contributed by atoms with Crippen LogP contribution in [0.3, 0.4) is 0 Å². The zero-order valence-electron chi connectivity index (χ0n) is 32.1. The molecule has 306 valence electrons. The number of alkyl carbamates (subject to hydrolysis) is 1. The molecule has 6 atom stereocenters. The normalized spacial score (nSPS) is 21.2. The van der Waals surface area contributed by atoms with E-state index in [1.807, 2.05) is 6.92 Å². The number of aliphatic hydroxyl groups is 1. The van der Waals surface area contributed by atoms with Crippen molar-refractivity contribution in [1.29, 1.82) is 0 Å². The molecule has 2 heterocycles. The number of rotatable bonds is 19. The molecule has 17 heteroatoms. The van der Waals surface area contributed by atoms with Crippen LogP contribution in [-0.4, -0.2) is 101 Å². The van der Waals surface area contributed by atoms with Crippen molar-refractivity contribution in [2.75, 3.05) is 53.2 Å². The van der Waals surface area contributed by atoms with Crippen LogP contribution < -0.4 is 25.2 Å². The first kappa shape index (κ1) is 43.1. The highest BCUT2D eigenvalue weighted by Crippen LogP contribution is 2.48. The fraction of sp³-hybridized carbons (Fsp3) is 0.487. The lowest BCUT2D eigenvalue weighted by atomic mass is 10.0. The predicted octanol–water partition coefficient (Wildman–Crippen LogP) is 4.34. The van der Waals surface area contributed by atoms with Crippen molar-refractivity contribution in [3.63, 3.8) is 0 Å². The van der Waals surface area contributed by atoms with Crippen molar-refractivity contribution in [1.82, 2.24) is 14.9 Å². The second-order valence-electron chi connectivity index (χ2n) is 13.8. The van der Waals surface area contributed by atoms with Crippen LogP contribution >= 0.6 is 7.60 Å². The lowest BCUT2D eigenvalue weighted by Crippen LogP contribution is -2.47. The van der Waals surface area contributed by atoms with E-state index in [1.165, 1.54) is 18.3 Å². The molecule has 1 amide bonds. The molecule has 0 saturated carbocycles. The molecular weight excluding hydrogens is 765 g/mol. The van der Waals surface area contributed by atoms with Crippen LogP contribution in [0.15, 0.2) is 77.7 Å². The summed E-state index contributed by atoms with van der Waals surface area (Å²) < 4.78 is 76.1. The van der Waals surface area contributed by atoms with Gasteiger partial charge in [0, 0.05) is 44.7 Å². The monoisotopic (exact) mass is 817 g/mol. The third-order valence-corrected chi connectivity index (χ3v) is 13.6. The molecule has 56 heavy (non-hydrogen) atoms. The molecule has 2 aliphatic rings. The Labute approximate surface area is 328 Å². The Morgan fingerprint density at radius 1 is 1.05 bits per heavy atom. The fourth-order valence-corrected chi connectivity index (χ4v) is 10.1. The van der Waals surface area contributed by atoms with Gasteiger partial charge in [-0.15, -0.1) is 0 Å². The van der Waals surface area contributed by atoms with Crippen LogP contribution in [0, 0.1) is 5.92 Å². The van der Waals surface area contributed by atoms with Crippen molar-refractivity contribution < 1.29 is 55.7 Å². The van der Waals surface area contributed by atoms with E-state index < -0.39 is 47.9 Å². The molecule has 0 spiro atoms. The van der Waals surface area contributed by atoms with Crippen LogP contribution in [0.5, 0.6) is 11.5 Å². The second-order valence-corrected chi connectivity index (χ2v) is 17.6. The number of carbonyl (C=O) groups is 2. The van der Waals surface area contributed by atoms with E-state index in [0.29, 0.717) is 36.6 Å². The lowest BCUT2D eigenvalue weighted by Gasteiger charge is -2.33. The Morgan fingerprint density at radius 2 is 1.80 bits per heavy atom. The minimum atomic E-state index is -4.05. The largest absolute Gasteiger partial charge is 0.497 e. The van der Waals surface area contributed by atoms with Crippen LogP contribution in [0.25, 0.3) is 0 Å². The number of aliphatic hydroxyl groups excluding tert-OH is 1. The van der Waals surface area contributed by atoms with E-state index in [2.05, 4.69) is 10.6 Å². The third-order valence-electron chi connectivity index (χ3n) is 9.65. The maximum Gasteiger partial charge on any atom is 0.411 e. The zero-order chi connectivity index (χ0) is 40.3. The maximum absolute atomic E-state index is 14.2. The molecule has 1 saturated heterocycles. The summed E-state index contributed by atoms with van der Waals surface area (Å²) in [7, 11) is -6.32. The Balaban J connectivity index is 1.27. The number of hydrogen-bond donors (Lipinski definition) is 3. The summed E-state index contributed by atoms with van der Waals surface area (Å²) in [5.41, 5.74) is 1.50. The van der Waals surface area contributed by atoms with Gasteiger partial charge in [0.1, 0.15) is 17.6 Å². The number of fused-ring (bicyclic) bond motifs is 1. The molecule has 15 nitrogen and oxygen atoms in total. The predicted molar refractivity (Wildman–Crippen MR) is 208 cm³/mol. The summed E-state index contributed by atoms with van der Waals surface area (Å²) >= 11 is 0. The highest BCUT2D eigenvalue weighted by atomic mass is 32.2. The first-order valence-corrected chi connectivity index (χ1v) is 21.7. The Bertz CT molecular complexity index is 1920. The standard InChI is InChI=1S/C39H52N3O12PS/c1-5-51-38(44)28(3)53-55(46,54-32-9-7-6-8-10-32)34-14-11-29(12-15-34)22-40-23-31(41-39(45)52-36-26-50-25-30(36)18-20-43)17-19-42-24-27(2)35-21-33(49-4)13-16-37(35)56(42,47)48/h6-16,21,27-28,30-31,36,40,43H,5,17-20,22-26H2,1-4H3,(H,41,45)/t27?,28-,30+,31+,36?,55?/m0/s1. The smallest absolute Gasteiger partial charge is 0.411 e. The molecule has 1 fully saturated rings. The Hall–Kier alpha value is -4.02. The average Bonchev–Trinajstić information content (AvgIpc) is 3.62. The van der Waals surface area contributed by atoms with Gasteiger partial charge in [-0.2, -0.15) is 4.31 Å². The van der Waals surface area contributed by atoms with E-state index in [1.54, 1.807) is 79.7 Å². The van der Waals surface area contributed by atoms with Gasteiger partial charge in [0.05, 0.1) is 37.1 Å². The number of methoxy groups -OCH3 is 1. The molecule has 0 bridgehead atoms. The Kier molecular flexibility index (Phi) is 15.3. The van der Waals surface area contributed by atoms with E-state index in [0.717, 1.165) is 5.56 Å². The molecule has 0 aliphatic carbocycles. The molecule has 3 N–H and O–H groups in total. The summed E-state index contributed by atoms with van der Waals surface area (Å²) in [4.78, 5) is 25.8. The minimum absolute atomic E-state index is 0.0565. The second kappa shape index (κ2) is 19.9. The summed E-state index contributed by atoms with van der Waals surface area (Å²) in [6.45, 7) is 6.76. The van der Waals surface area contributed by atoms with Crippen molar-refractivity contribution in [2.24, 2.45) is 5.92 Å². The third kappa shape index (κ3) is 11.1. The number of carbonyl (C=O) groups excluding carboxylic acids is 2. The first-order valence-electron chi connectivity index (χ1n) is 18.7. The minimum Gasteiger partial charge on any atom is -0.497 e. The summed E-state index contributed by atoms with van der Waals surface area (Å²) in [6.07, 6.45) is -1.64. The van der Waals surface area contributed by atoms with Gasteiger partial charge in [-0.25, -0.2) is 22.6 Å². The van der Waals surface area contributed by atoms with Crippen LogP contribution in [0.1, 0.15) is 50.7 Å². The summed E-state index contributed by atoms with van der Waals surface area (Å²) in [5.74, 6) is 0.00495. The molecule has 0 aromatic heterocycles. The topological polar surface area (TPSA) is 188 Å². The molecule has 3 aromatic carbocycles. The van der Waals surface area contributed by atoms with Gasteiger partial charge in [0.2, 0.25) is 10.0 Å². The first-order chi connectivity index (χ1) is 26.9. The maximum atomic E-state index is 14.2. The molecule has 3 unspecified atom stereocenters. The van der Waals surface area contributed by atoms with Crippen LogP contribution in [0.4, 0.5) is 4.79 Å². The highest BCUT2D eigenvalue weighted by molar-refractivity contribution is 7.89. The van der Waals surface area contributed by atoms with Gasteiger partial charge in [0.25, 0.3) is 0 Å². The molecule has 2 aliphatic heterocycles. The van der Waals surface area contributed by atoms with E-state index in [9.17, 15) is 27.7 Å². The van der Waals surface area contributed by atoms with E-state index in [4.69, 9.17) is 28.0 Å². The van der Waals surface area contributed by atoms with Gasteiger partial charge < -0.3 is 39.2 Å². The highest BCUT2D eigenvalue weighted by Gasteiger charge is 2.37. The number of ether oxygens (including phenoxy) is 4. The van der Waals surface area contributed by atoms with Crippen molar-refractivity contribution in [3.05, 3.63) is 83.9 Å². The number of nitrogens with zero attached hydrogens (tertiary/aromatic N) is 1. The Morgan fingerprint density at radius 3 is 2.50 bits per heavy atom. The number of esters is 1. The number of amides is 1. The fourth-order valence-electron chi connectivity index (χ4n) is 6.59.